The normalized spacial score (nSPS) is 13.6. The number of hydrogen-bond donors (Lipinski definition) is 2. The lowest BCUT2D eigenvalue weighted by molar-refractivity contribution is -0.870. The molecule has 0 bridgehead atoms. The monoisotopic (exact) mass is 438 g/mol. The highest BCUT2D eigenvalue weighted by atomic mass is 16.1. The van der Waals surface area contributed by atoms with Gasteiger partial charge in [0.2, 0.25) is 0 Å². The maximum absolute atomic E-state index is 13.5. The highest BCUT2D eigenvalue weighted by Gasteiger charge is 2.33. The molecule has 1 aliphatic carbocycles. The van der Waals surface area contributed by atoms with Gasteiger partial charge in [-0.15, -0.1) is 0 Å². The molecular formula is C26H38N4O2+2. The van der Waals surface area contributed by atoms with E-state index in [-0.39, 0.29) is 11.6 Å². The number of nitrogens with one attached hydrogen (secondary N) is 2. The second-order valence-corrected chi connectivity index (χ2v) is 10.7. The average Bonchev–Trinajstić information content (AvgIpc) is 2.71. The highest BCUT2D eigenvalue weighted by Crippen LogP contribution is 2.36. The van der Waals surface area contributed by atoms with E-state index in [1.165, 1.54) is 0 Å². The topological polar surface area (TPSA) is 58.2 Å². The Balaban J connectivity index is 1.89. The van der Waals surface area contributed by atoms with E-state index in [0.29, 0.717) is 22.3 Å². The van der Waals surface area contributed by atoms with Crippen LogP contribution in [0.5, 0.6) is 0 Å². The van der Waals surface area contributed by atoms with Gasteiger partial charge in [0.1, 0.15) is 0 Å². The first kappa shape index (κ1) is 24.0. The number of benzene rings is 2. The zero-order valence-corrected chi connectivity index (χ0v) is 20.4. The van der Waals surface area contributed by atoms with Crippen molar-refractivity contribution in [2.45, 2.75) is 12.8 Å². The molecule has 0 saturated heterocycles. The van der Waals surface area contributed by atoms with Crippen molar-refractivity contribution >= 4 is 22.9 Å². The molecule has 3 rings (SSSR count). The first-order valence-electron chi connectivity index (χ1n) is 11.4. The lowest BCUT2D eigenvalue weighted by Gasteiger charge is -2.26. The number of rotatable bonds is 10. The van der Waals surface area contributed by atoms with Gasteiger partial charge in [0, 0.05) is 48.4 Å². The lowest BCUT2D eigenvalue weighted by Crippen LogP contribution is -2.36. The zero-order valence-electron chi connectivity index (χ0n) is 20.4. The Morgan fingerprint density at radius 1 is 0.625 bits per heavy atom. The van der Waals surface area contributed by atoms with Crippen LogP contribution < -0.4 is 10.6 Å². The van der Waals surface area contributed by atoms with Gasteiger partial charge in [-0.25, -0.2) is 0 Å². The third kappa shape index (κ3) is 5.75. The van der Waals surface area contributed by atoms with Crippen molar-refractivity contribution in [2.75, 3.05) is 79.1 Å². The molecule has 2 aromatic rings. The third-order valence-electron chi connectivity index (χ3n) is 5.72. The summed E-state index contributed by atoms with van der Waals surface area (Å²) in [5.74, 6) is -0.168. The predicted octanol–water partition coefficient (Wildman–Crippen LogP) is 3.48. The van der Waals surface area contributed by atoms with Crippen molar-refractivity contribution in [3.8, 4) is 0 Å². The molecule has 172 valence electrons. The van der Waals surface area contributed by atoms with Crippen molar-refractivity contribution in [3.63, 3.8) is 0 Å². The molecule has 2 aromatic carbocycles. The summed E-state index contributed by atoms with van der Waals surface area (Å²) in [6.45, 7) is 3.55. The van der Waals surface area contributed by atoms with E-state index in [9.17, 15) is 9.59 Å². The number of anilines is 2. The molecule has 6 nitrogen and oxygen atoms in total. The number of ketones is 2. The van der Waals surface area contributed by atoms with Crippen LogP contribution in [0, 0.1) is 0 Å². The molecule has 0 unspecified atom stereocenters. The first-order chi connectivity index (χ1) is 15.0. The molecule has 0 spiro atoms. The van der Waals surface area contributed by atoms with Crippen molar-refractivity contribution in [3.05, 3.63) is 58.7 Å². The van der Waals surface area contributed by atoms with Crippen LogP contribution in [0.2, 0.25) is 0 Å². The molecule has 0 fully saturated rings. The highest BCUT2D eigenvalue weighted by molar-refractivity contribution is 6.31. The Hall–Kier alpha value is -2.70. The molecule has 1 aliphatic rings. The smallest absolute Gasteiger partial charge is 0.196 e. The summed E-state index contributed by atoms with van der Waals surface area (Å²) in [5, 5.41) is 6.86. The average molecular weight is 439 g/mol. The molecule has 0 aliphatic heterocycles. The van der Waals surface area contributed by atoms with Gasteiger partial charge >= 0.3 is 0 Å². The van der Waals surface area contributed by atoms with Gasteiger partial charge < -0.3 is 19.6 Å². The van der Waals surface area contributed by atoms with Gasteiger partial charge in [-0.2, -0.15) is 0 Å². The summed E-state index contributed by atoms with van der Waals surface area (Å²) in [5.41, 5.74) is 3.45. The summed E-state index contributed by atoms with van der Waals surface area (Å²) < 4.78 is 1.78. The summed E-state index contributed by atoms with van der Waals surface area (Å²) in [6.07, 6.45) is 1.95. The summed E-state index contributed by atoms with van der Waals surface area (Å²) >= 11 is 0. The Morgan fingerprint density at radius 2 is 1.00 bits per heavy atom. The molecule has 0 atom stereocenters. The van der Waals surface area contributed by atoms with Gasteiger partial charge in [0.25, 0.3) is 0 Å². The minimum Gasteiger partial charge on any atom is -0.384 e. The Morgan fingerprint density at radius 3 is 1.34 bits per heavy atom. The second kappa shape index (κ2) is 9.43. The zero-order chi connectivity index (χ0) is 23.5. The SMILES string of the molecule is C[N+](C)(C)CCCNc1ccc(NCCC[N+](C)(C)C)c2c1C(=O)c1ccccc1C2=O. The van der Waals surface area contributed by atoms with E-state index in [0.717, 1.165) is 59.4 Å². The fraction of sp³-hybridized carbons (Fsp3) is 0.462. The van der Waals surface area contributed by atoms with Crippen molar-refractivity contribution < 1.29 is 18.6 Å². The molecule has 0 aromatic heterocycles. The third-order valence-corrected chi connectivity index (χ3v) is 5.72. The van der Waals surface area contributed by atoms with Crippen molar-refractivity contribution in [2.24, 2.45) is 0 Å². The molecule has 2 N–H and O–H groups in total. The molecule has 6 heteroatoms. The van der Waals surface area contributed by atoms with Crippen molar-refractivity contribution in [1.82, 2.24) is 0 Å². The maximum atomic E-state index is 13.5. The van der Waals surface area contributed by atoms with Crippen molar-refractivity contribution in [1.29, 1.82) is 0 Å². The van der Waals surface area contributed by atoms with Crippen LogP contribution >= 0.6 is 0 Å². The quantitative estimate of drug-likeness (QED) is 0.376. The minimum atomic E-state index is -0.0840. The van der Waals surface area contributed by atoms with E-state index in [1.807, 2.05) is 24.3 Å². The van der Waals surface area contributed by atoms with E-state index < -0.39 is 0 Å². The molecule has 32 heavy (non-hydrogen) atoms. The van der Waals surface area contributed by atoms with Gasteiger partial charge in [0.15, 0.2) is 11.6 Å². The second-order valence-electron chi connectivity index (χ2n) is 10.7. The Kier molecular flexibility index (Phi) is 7.06. The Labute approximate surface area is 192 Å². The van der Waals surface area contributed by atoms with Crippen LogP contribution in [-0.4, -0.2) is 89.0 Å². The van der Waals surface area contributed by atoms with E-state index in [1.54, 1.807) is 12.1 Å². The molecule has 0 radical (unpaired) electrons. The largest absolute Gasteiger partial charge is 0.384 e. The predicted molar refractivity (Wildman–Crippen MR) is 132 cm³/mol. The molecular weight excluding hydrogens is 400 g/mol. The fourth-order valence-corrected chi connectivity index (χ4v) is 4.07. The summed E-state index contributed by atoms with van der Waals surface area (Å²) in [4.78, 5) is 26.9. The van der Waals surface area contributed by atoms with E-state index in [4.69, 9.17) is 0 Å². The molecule has 0 amide bonds. The van der Waals surface area contributed by atoms with Gasteiger partial charge in [-0.3, -0.25) is 9.59 Å². The van der Waals surface area contributed by atoms with Crippen LogP contribution in [0.25, 0.3) is 0 Å². The van der Waals surface area contributed by atoms with Crippen LogP contribution in [0.3, 0.4) is 0 Å². The van der Waals surface area contributed by atoms with Gasteiger partial charge in [0.05, 0.1) is 66.5 Å². The molecule has 0 heterocycles. The minimum absolute atomic E-state index is 0.0840. The number of quaternary nitrogens is 2. The first-order valence-corrected chi connectivity index (χ1v) is 11.4. The summed E-state index contributed by atoms with van der Waals surface area (Å²) in [7, 11) is 13.0. The number of nitrogens with zero attached hydrogens (tertiary/aromatic N) is 2. The van der Waals surface area contributed by atoms with E-state index >= 15 is 0 Å². The van der Waals surface area contributed by atoms with Gasteiger partial charge in [-0.05, 0) is 12.1 Å². The number of carbonyl (C=O) groups is 2. The van der Waals surface area contributed by atoms with Crippen LogP contribution in [0.4, 0.5) is 11.4 Å². The fourth-order valence-electron chi connectivity index (χ4n) is 4.07. The summed E-state index contributed by atoms with van der Waals surface area (Å²) in [6, 6.07) is 11.0. The van der Waals surface area contributed by atoms with Crippen LogP contribution in [-0.2, 0) is 0 Å². The lowest BCUT2D eigenvalue weighted by atomic mass is 9.82. The maximum Gasteiger partial charge on any atom is 0.196 e. The van der Waals surface area contributed by atoms with Crippen LogP contribution in [0.15, 0.2) is 36.4 Å². The van der Waals surface area contributed by atoms with Crippen LogP contribution in [0.1, 0.15) is 44.7 Å². The number of hydrogen-bond acceptors (Lipinski definition) is 4. The number of carbonyl (C=O) groups excluding carboxylic acids is 2. The Bertz CT molecular complexity index is 920. The molecule has 0 saturated carbocycles. The standard InChI is InChI=1S/C26H36N4O2/c1-29(2,3)17-9-15-27-21-13-14-22(28-16-10-18-30(4,5)6)24-23(21)25(31)19-11-7-8-12-20(19)26(24)32/h7-8,11-14H,9-10,15-18H2,1-6H3/p+2. The van der Waals surface area contributed by atoms with Gasteiger partial charge in [-0.1, -0.05) is 24.3 Å². The van der Waals surface area contributed by atoms with E-state index in [2.05, 4.69) is 52.9 Å². The number of fused-ring (bicyclic) bond motifs is 2.